The van der Waals surface area contributed by atoms with Crippen molar-refractivity contribution in [1.82, 2.24) is 10.3 Å². The molecule has 0 aliphatic carbocycles. The summed E-state index contributed by atoms with van der Waals surface area (Å²) in [6.45, 7) is 7.11. The van der Waals surface area contributed by atoms with Gasteiger partial charge in [-0.25, -0.2) is 4.79 Å². The van der Waals surface area contributed by atoms with Crippen molar-refractivity contribution < 1.29 is 9.53 Å². The first kappa shape index (κ1) is 17.4. The van der Waals surface area contributed by atoms with Crippen molar-refractivity contribution in [2.24, 2.45) is 0 Å². The molecule has 2 heterocycles. The van der Waals surface area contributed by atoms with Crippen LogP contribution in [0.25, 0.3) is 0 Å². The lowest BCUT2D eigenvalue weighted by atomic mass is 10.1. The summed E-state index contributed by atoms with van der Waals surface area (Å²) in [6, 6.07) is 1.87. The standard InChI is InChI=1S/C16H22N4O2S/c1-16(2,3)22-15(21)19-12-5-4-8-20(10-12)13-9-18-7-6-14(13)23-11-17/h6-7,9,12H,4-5,8,10H2,1-3H3,(H,19,21)/t12-/m0/s1. The van der Waals surface area contributed by atoms with E-state index in [0.717, 1.165) is 41.7 Å². The van der Waals surface area contributed by atoms with Gasteiger partial charge in [0.2, 0.25) is 0 Å². The van der Waals surface area contributed by atoms with Crippen LogP contribution in [0.5, 0.6) is 0 Å². The number of nitriles is 1. The third kappa shape index (κ3) is 5.32. The highest BCUT2D eigenvalue weighted by atomic mass is 32.2. The number of carbonyl (C=O) groups excluding carboxylic acids is 1. The number of ether oxygens (including phenoxy) is 1. The van der Waals surface area contributed by atoms with Gasteiger partial charge in [0.05, 0.1) is 11.9 Å². The number of thioether (sulfide) groups is 1. The zero-order chi connectivity index (χ0) is 16.9. The van der Waals surface area contributed by atoms with Crippen LogP contribution < -0.4 is 10.2 Å². The smallest absolute Gasteiger partial charge is 0.407 e. The van der Waals surface area contributed by atoms with E-state index >= 15 is 0 Å². The van der Waals surface area contributed by atoms with E-state index < -0.39 is 5.60 Å². The molecule has 1 saturated heterocycles. The fraction of sp³-hybridized carbons (Fsp3) is 0.562. The molecule has 1 aliphatic rings. The molecule has 0 unspecified atom stereocenters. The summed E-state index contributed by atoms with van der Waals surface area (Å²) < 4.78 is 5.32. The van der Waals surface area contributed by atoms with Gasteiger partial charge < -0.3 is 15.0 Å². The zero-order valence-corrected chi connectivity index (χ0v) is 14.5. The monoisotopic (exact) mass is 334 g/mol. The Morgan fingerprint density at radius 3 is 3.04 bits per heavy atom. The number of pyridine rings is 1. The number of hydrogen-bond acceptors (Lipinski definition) is 6. The third-order valence-corrected chi connectivity index (χ3v) is 4.06. The molecule has 0 spiro atoms. The summed E-state index contributed by atoms with van der Waals surface area (Å²) in [6.07, 6.45) is 4.95. The van der Waals surface area contributed by atoms with Crippen molar-refractivity contribution in [1.29, 1.82) is 5.26 Å². The fourth-order valence-electron chi connectivity index (χ4n) is 2.53. The molecule has 1 aromatic rings. The number of amides is 1. The molecule has 1 fully saturated rings. The third-order valence-electron chi connectivity index (χ3n) is 3.40. The Balaban J connectivity index is 2.01. The van der Waals surface area contributed by atoms with E-state index in [4.69, 9.17) is 10.00 Å². The molecule has 124 valence electrons. The lowest BCUT2D eigenvalue weighted by Crippen LogP contribution is -2.49. The van der Waals surface area contributed by atoms with Crippen LogP contribution in [0.1, 0.15) is 33.6 Å². The number of piperidine rings is 1. The molecule has 1 atom stereocenters. The maximum Gasteiger partial charge on any atom is 0.407 e. The quantitative estimate of drug-likeness (QED) is 0.676. The van der Waals surface area contributed by atoms with E-state index in [2.05, 4.69) is 20.6 Å². The first-order chi connectivity index (χ1) is 10.9. The van der Waals surface area contributed by atoms with E-state index in [0.29, 0.717) is 6.54 Å². The van der Waals surface area contributed by atoms with Crippen LogP contribution in [0.2, 0.25) is 0 Å². The van der Waals surface area contributed by atoms with Crippen LogP contribution in [0.15, 0.2) is 23.4 Å². The molecular formula is C16H22N4O2S. The Morgan fingerprint density at radius 1 is 1.57 bits per heavy atom. The summed E-state index contributed by atoms with van der Waals surface area (Å²) in [5, 5.41) is 14.0. The van der Waals surface area contributed by atoms with Crippen LogP contribution in [0.3, 0.4) is 0 Å². The van der Waals surface area contributed by atoms with Gasteiger partial charge in [0.1, 0.15) is 11.0 Å². The molecule has 0 bridgehead atoms. The highest BCUT2D eigenvalue weighted by molar-refractivity contribution is 8.03. The first-order valence-electron chi connectivity index (χ1n) is 7.63. The van der Waals surface area contributed by atoms with Crippen molar-refractivity contribution in [3.05, 3.63) is 18.5 Å². The van der Waals surface area contributed by atoms with Gasteiger partial charge in [-0.15, -0.1) is 0 Å². The maximum atomic E-state index is 11.9. The SMILES string of the molecule is CC(C)(C)OC(=O)N[C@H]1CCCN(c2cnccc2SC#N)C1. The van der Waals surface area contributed by atoms with Crippen molar-refractivity contribution in [2.45, 2.75) is 50.2 Å². The number of alkyl carbamates (subject to hydrolysis) is 1. The van der Waals surface area contributed by atoms with E-state index in [1.54, 1.807) is 12.4 Å². The lowest BCUT2D eigenvalue weighted by molar-refractivity contribution is 0.0500. The van der Waals surface area contributed by atoms with Crippen LogP contribution in [0, 0.1) is 10.7 Å². The number of aromatic nitrogens is 1. The van der Waals surface area contributed by atoms with E-state index in [1.165, 1.54) is 0 Å². The average molecular weight is 334 g/mol. The molecule has 0 radical (unpaired) electrons. The van der Waals surface area contributed by atoms with Gasteiger partial charge in [-0.3, -0.25) is 4.98 Å². The van der Waals surface area contributed by atoms with Gasteiger partial charge in [0, 0.05) is 30.2 Å². The predicted octanol–water partition coefficient (Wildman–Crippen LogP) is 3.15. The molecular weight excluding hydrogens is 312 g/mol. The van der Waals surface area contributed by atoms with Gasteiger partial charge in [-0.2, -0.15) is 5.26 Å². The summed E-state index contributed by atoms with van der Waals surface area (Å²) in [5.41, 5.74) is 0.438. The minimum atomic E-state index is -0.502. The Kier molecular flexibility index (Phi) is 5.72. The Labute approximate surface area is 141 Å². The molecule has 6 nitrogen and oxygen atoms in total. The highest BCUT2D eigenvalue weighted by Gasteiger charge is 2.25. The minimum Gasteiger partial charge on any atom is -0.444 e. The second-order valence-electron chi connectivity index (χ2n) is 6.47. The lowest BCUT2D eigenvalue weighted by Gasteiger charge is -2.35. The van der Waals surface area contributed by atoms with Crippen LogP contribution in [-0.4, -0.2) is 35.8 Å². The minimum absolute atomic E-state index is 0.0266. The number of carbonyl (C=O) groups is 1. The number of anilines is 1. The Morgan fingerprint density at radius 2 is 2.35 bits per heavy atom. The van der Waals surface area contributed by atoms with Crippen molar-refractivity contribution in [3.63, 3.8) is 0 Å². The second kappa shape index (κ2) is 7.55. The van der Waals surface area contributed by atoms with Gasteiger partial charge in [0.15, 0.2) is 0 Å². The highest BCUT2D eigenvalue weighted by Crippen LogP contribution is 2.30. The second-order valence-corrected chi connectivity index (χ2v) is 7.29. The molecule has 0 aromatic carbocycles. The molecule has 1 N–H and O–H groups in total. The van der Waals surface area contributed by atoms with Crippen molar-refractivity contribution in [3.8, 4) is 5.40 Å². The van der Waals surface area contributed by atoms with E-state index in [1.807, 2.05) is 26.8 Å². The van der Waals surface area contributed by atoms with E-state index in [-0.39, 0.29) is 12.1 Å². The summed E-state index contributed by atoms with van der Waals surface area (Å²) >= 11 is 1.13. The number of nitrogens with zero attached hydrogens (tertiary/aromatic N) is 3. The maximum absolute atomic E-state index is 11.9. The van der Waals surface area contributed by atoms with Gasteiger partial charge in [-0.1, -0.05) is 0 Å². The molecule has 1 aliphatic heterocycles. The Bertz CT molecular complexity index is 594. The molecule has 2 rings (SSSR count). The topological polar surface area (TPSA) is 78.2 Å². The molecule has 7 heteroatoms. The van der Waals surface area contributed by atoms with Gasteiger partial charge >= 0.3 is 6.09 Å². The summed E-state index contributed by atoms with van der Waals surface area (Å²) in [7, 11) is 0. The van der Waals surface area contributed by atoms with Crippen LogP contribution in [0.4, 0.5) is 10.5 Å². The fourth-order valence-corrected chi connectivity index (χ4v) is 3.05. The molecule has 0 saturated carbocycles. The van der Waals surface area contributed by atoms with Gasteiger partial charge in [0.25, 0.3) is 0 Å². The van der Waals surface area contributed by atoms with Crippen LogP contribution >= 0.6 is 11.8 Å². The summed E-state index contributed by atoms with van der Waals surface area (Å²) in [4.78, 5) is 19.1. The number of hydrogen-bond donors (Lipinski definition) is 1. The normalized spacial score (nSPS) is 18.2. The molecule has 1 aromatic heterocycles. The summed E-state index contributed by atoms with van der Waals surface area (Å²) in [5.74, 6) is 0. The van der Waals surface area contributed by atoms with Crippen molar-refractivity contribution >= 4 is 23.5 Å². The largest absolute Gasteiger partial charge is 0.444 e. The van der Waals surface area contributed by atoms with Gasteiger partial charge in [-0.05, 0) is 51.4 Å². The number of nitrogens with one attached hydrogen (secondary N) is 1. The molecule has 1 amide bonds. The molecule has 23 heavy (non-hydrogen) atoms. The van der Waals surface area contributed by atoms with Crippen LogP contribution in [-0.2, 0) is 4.74 Å². The Hall–Kier alpha value is -1.94. The number of thiocyanates is 1. The number of rotatable bonds is 3. The zero-order valence-electron chi connectivity index (χ0n) is 13.7. The average Bonchev–Trinajstić information content (AvgIpc) is 2.46. The van der Waals surface area contributed by atoms with Crippen molar-refractivity contribution in [2.75, 3.05) is 18.0 Å². The van der Waals surface area contributed by atoms with E-state index in [9.17, 15) is 4.79 Å². The first-order valence-corrected chi connectivity index (χ1v) is 8.45. The predicted molar refractivity (Wildman–Crippen MR) is 90.3 cm³/mol.